The van der Waals surface area contributed by atoms with Crippen molar-refractivity contribution in [3.63, 3.8) is 0 Å². The van der Waals surface area contributed by atoms with Crippen LogP contribution in [0.4, 0.5) is 5.69 Å². The lowest BCUT2D eigenvalue weighted by atomic mass is 10.2. The van der Waals surface area contributed by atoms with E-state index >= 15 is 0 Å². The molecule has 0 bridgehead atoms. The van der Waals surface area contributed by atoms with Crippen LogP contribution in [0.3, 0.4) is 0 Å². The van der Waals surface area contributed by atoms with E-state index < -0.39 is 22.5 Å². The van der Waals surface area contributed by atoms with Gasteiger partial charge in [0.25, 0.3) is 5.91 Å². The van der Waals surface area contributed by atoms with E-state index in [0.717, 1.165) is 16.1 Å². The number of halogens is 2. The van der Waals surface area contributed by atoms with Gasteiger partial charge in [0.1, 0.15) is 13.2 Å². The SMILES string of the molecule is CCOc1cc(/C=N\NC(=O)CN(c2cccc(Cl)c2)S(C)(=O)=O)ccc1OCc1ccc(Cl)cc1. The first-order valence-corrected chi connectivity index (χ1v) is 13.5. The molecule has 0 saturated carbocycles. The molecule has 0 aromatic heterocycles. The van der Waals surface area contributed by atoms with Gasteiger partial charge in [0.05, 0.1) is 24.8 Å². The maximum atomic E-state index is 12.4. The molecule has 0 spiro atoms. The standard InChI is InChI=1S/C25H25Cl2N3O5S/c1-3-34-24-13-19(9-12-23(24)35-17-18-7-10-20(26)11-8-18)15-28-29-25(31)16-30(36(2,32)33)22-6-4-5-21(27)14-22/h4-15H,3,16-17H2,1-2H3,(H,29,31)/b28-15-. The van der Waals surface area contributed by atoms with Crippen molar-refractivity contribution in [3.8, 4) is 11.5 Å². The minimum absolute atomic E-state index is 0.277. The predicted molar refractivity (Wildman–Crippen MR) is 143 cm³/mol. The van der Waals surface area contributed by atoms with Crippen molar-refractivity contribution in [1.82, 2.24) is 5.43 Å². The molecule has 36 heavy (non-hydrogen) atoms. The summed E-state index contributed by atoms with van der Waals surface area (Å²) in [6.07, 6.45) is 2.43. The van der Waals surface area contributed by atoms with Gasteiger partial charge in [-0.2, -0.15) is 5.10 Å². The smallest absolute Gasteiger partial charge is 0.260 e. The van der Waals surface area contributed by atoms with Crippen LogP contribution in [-0.2, 0) is 21.4 Å². The highest BCUT2D eigenvalue weighted by Crippen LogP contribution is 2.29. The summed E-state index contributed by atoms with van der Waals surface area (Å²) < 4.78 is 36.9. The minimum Gasteiger partial charge on any atom is -0.490 e. The van der Waals surface area contributed by atoms with E-state index in [1.54, 1.807) is 48.5 Å². The number of amides is 1. The molecule has 0 fully saturated rings. The lowest BCUT2D eigenvalue weighted by Gasteiger charge is -2.21. The second kappa shape index (κ2) is 12.6. The summed E-state index contributed by atoms with van der Waals surface area (Å²) in [5.41, 5.74) is 4.22. The maximum Gasteiger partial charge on any atom is 0.260 e. The van der Waals surface area contributed by atoms with Crippen LogP contribution in [0.2, 0.25) is 10.0 Å². The van der Waals surface area contributed by atoms with Crippen LogP contribution in [0.1, 0.15) is 18.1 Å². The molecule has 0 heterocycles. The normalized spacial score (nSPS) is 11.3. The van der Waals surface area contributed by atoms with Crippen molar-refractivity contribution in [3.05, 3.63) is 87.9 Å². The Labute approximate surface area is 220 Å². The van der Waals surface area contributed by atoms with Crippen molar-refractivity contribution in [2.45, 2.75) is 13.5 Å². The number of nitrogens with one attached hydrogen (secondary N) is 1. The molecule has 1 amide bonds. The molecule has 0 unspecified atom stereocenters. The maximum absolute atomic E-state index is 12.4. The third-order valence-corrected chi connectivity index (χ3v) is 6.39. The van der Waals surface area contributed by atoms with Crippen molar-refractivity contribution in [2.75, 3.05) is 23.7 Å². The van der Waals surface area contributed by atoms with Crippen LogP contribution in [0.25, 0.3) is 0 Å². The van der Waals surface area contributed by atoms with E-state index in [0.29, 0.717) is 40.3 Å². The van der Waals surface area contributed by atoms with Crippen molar-refractivity contribution >= 4 is 51.0 Å². The first-order chi connectivity index (χ1) is 17.2. The topological polar surface area (TPSA) is 97.3 Å². The molecule has 0 saturated heterocycles. The molecule has 0 atom stereocenters. The molecular weight excluding hydrogens is 525 g/mol. The van der Waals surface area contributed by atoms with Crippen molar-refractivity contribution in [2.24, 2.45) is 5.10 Å². The summed E-state index contributed by atoms with van der Waals surface area (Å²) in [4.78, 5) is 12.4. The van der Waals surface area contributed by atoms with Gasteiger partial charge in [0.15, 0.2) is 11.5 Å². The highest BCUT2D eigenvalue weighted by Gasteiger charge is 2.21. The minimum atomic E-state index is -3.73. The van der Waals surface area contributed by atoms with E-state index in [1.807, 2.05) is 19.1 Å². The molecule has 0 aliphatic carbocycles. The van der Waals surface area contributed by atoms with Gasteiger partial charge >= 0.3 is 0 Å². The largest absolute Gasteiger partial charge is 0.490 e. The first-order valence-electron chi connectivity index (χ1n) is 10.8. The lowest BCUT2D eigenvalue weighted by molar-refractivity contribution is -0.119. The van der Waals surface area contributed by atoms with Gasteiger partial charge in [-0.15, -0.1) is 0 Å². The molecule has 190 valence electrons. The predicted octanol–water partition coefficient (Wildman–Crippen LogP) is 4.89. The van der Waals surface area contributed by atoms with E-state index in [1.165, 1.54) is 12.3 Å². The number of nitrogens with zero attached hydrogens (tertiary/aromatic N) is 2. The molecule has 8 nitrogen and oxygen atoms in total. The highest BCUT2D eigenvalue weighted by atomic mass is 35.5. The molecule has 3 rings (SSSR count). The van der Waals surface area contributed by atoms with Crippen LogP contribution in [0.15, 0.2) is 71.8 Å². The Morgan fingerprint density at radius 1 is 1.00 bits per heavy atom. The number of carbonyl (C=O) groups excluding carboxylic acids is 1. The Morgan fingerprint density at radius 3 is 2.42 bits per heavy atom. The number of ether oxygens (including phenoxy) is 2. The summed E-state index contributed by atoms with van der Waals surface area (Å²) >= 11 is 11.9. The number of anilines is 1. The van der Waals surface area contributed by atoms with Gasteiger partial charge in [-0.05, 0) is 66.6 Å². The second-order valence-electron chi connectivity index (χ2n) is 7.60. The zero-order chi connectivity index (χ0) is 26.1. The second-order valence-corrected chi connectivity index (χ2v) is 10.4. The van der Waals surface area contributed by atoms with Gasteiger partial charge in [-0.1, -0.05) is 41.4 Å². The molecule has 0 radical (unpaired) electrons. The van der Waals surface area contributed by atoms with Crippen molar-refractivity contribution in [1.29, 1.82) is 0 Å². The summed E-state index contributed by atoms with van der Waals surface area (Å²) in [6, 6.07) is 18.8. The van der Waals surface area contributed by atoms with Crippen LogP contribution in [0, 0.1) is 0 Å². The van der Waals surface area contributed by atoms with Crippen LogP contribution in [-0.4, -0.2) is 39.9 Å². The molecule has 3 aromatic carbocycles. The van der Waals surface area contributed by atoms with E-state index in [9.17, 15) is 13.2 Å². The van der Waals surface area contributed by atoms with Crippen LogP contribution >= 0.6 is 23.2 Å². The van der Waals surface area contributed by atoms with Gasteiger partial charge < -0.3 is 9.47 Å². The Morgan fingerprint density at radius 2 is 1.75 bits per heavy atom. The molecule has 3 aromatic rings. The fourth-order valence-electron chi connectivity index (χ4n) is 3.11. The van der Waals surface area contributed by atoms with Crippen LogP contribution in [0.5, 0.6) is 11.5 Å². The number of hydrazone groups is 1. The number of rotatable bonds is 11. The van der Waals surface area contributed by atoms with Gasteiger partial charge in [-0.3, -0.25) is 9.10 Å². The zero-order valence-corrected chi connectivity index (χ0v) is 22.0. The Balaban J connectivity index is 1.65. The highest BCUT2D eigenvalue weighted by molar-refractivity contribution is 7.92. The monoisotopic (exact) mass is 549 g/mol. The van der Waals surface area contributed by atoms with Gasteiger partial charge in [0.2, 0.25) is 10.0 Å². The molecule has 0 aliphatic rings. The third-order valence-electron chi connectivity index (χ3n) is 4.76. The summed E-state index contributed by atoms with van der Waals surface area (Å²) in [5, 5.41) is 4.94. The van der Waals surface area contributed by atoms with Crippen LogP contribution < -0.4 is 19.2 Å². The number of hydrogen-bond donors (Lipinski definition) is 1. The molecule has 1 N–H and O–H groups in total. The quantitative estimate of drug-likeness (QED) is 0.271. The molecule has 0 aliphatic heterocycles. The Kier molecular flexibility index (Phi) is 9.58. The molecule has 11 heteroatoms. The Hall–Kier alpha value is -3.27. The fourth-order valence-corrected chi connectivity index (χ4v) is 4.27. The fraction of sp³-hybridized carbons (Fsp3) is 0.200. The van der Waals surface area contributed by atoms with Crippen molar-refractivity contribution < 1.29 is 22.7 Å². The first kappa shape index (κ1) is 27.3. The average Bonchev–Trinajstić information content (AvgIpc) is 2.82. The zero-order valence-electron chi connectivity index (χ0n) is 19.6. The van der Waals surface area contributed by atoms with Gasteiger partial charge in [-0.25, -0.2) is 13.8 Å². The van der Waals surface area contributed by atoms with E-state index in [4.69, 9.17) is 32.7 Å². The lowest BCUT2D eigenvalue weighted by Crippen LogP contribution is -2.39. The van der Waals surface area contributed by atoms with E-state index in [2.05, 4.69) is 10.5 Å². The average molecular weight is 550 g/mol. The van der Waals surface area contributed by atoms with E-state index in [-0.39, 0.29) is 5.69 Å². The summed E-state index contributed by atoms with van der Waals surface area (Å²) in [7, 11) is -3.73. The number of hydrogen-bond acceptors (Lipinski definition) is 6. The Bertz CT molecular complexity index is 1330. The van der Waals surface area contributed by atoms with Gasteiger partial charge in [0, 0.05) is 10.0 Å². The molecular formula is C25H25Cl2N3O5S. The summed E-state index contributed by atoms with van der Waals surface area (Å²) in [6.45, 7) is 2.17. The number of sulfonamides is 1. The number of carbonyl (C=O) groups is 1. The number of benzene rings is 3. The third kappa shape index (κ3) is 8.15. The summed E-state index contributed by atoms with van der Waals surface area (Å²) in [5.74, 6) is 0.453.